The van der Waals surface area contributed by atoms with Crippen LogP contribution in [-0.2, 0) is 0 Å². The van der Waals surface area contributed by atoms with Gasteiger partial charge in [-0.05, 0) is 93.3 Å². The molecule has 0 bridgehead atoms. The predicted octanol–water partition coefficient (Wildman–Crippen LogP) is 8.17. The Balaban J connectivity index is 1.37. The summed E-state index contributed by atoms with van der Waals surface area (Å²) in [5, 5.41) is 0. The van der Waals surface area contributed by atoms with Crippen molar-refractivity contribution in [3.63, 3.8) is 0 Å². The van der Waals surface area contributed by atoms with Crippen molar-refractivity contribution in [3.8, 4) is 0 Å². The molecule has 0 nitrogen and oxygen atoms in total. The van der Waals surface area contributed by atoms with Crippen molar-refractivity contribution in [2.24, 2.45) is 35.5 Å². The molecule has 144 valence electrons. The van der Waals surface area contributed by atoms with Gasteiger partial charge in [-0.1, -0.05) is 64.5 Å². The highest BCUT2D eigenvalue weighted by molar-refractivity contribution is 5.01. The molecule has 2 unspecified atom stereocenters. The van der Waals surface area contributed by atoms with E-state index in [1.54, 1.807) is 25.7 Å². The molecule has 0 N–H and O–H groups in total. The molecule has 25 heavy (non-hydrogen) atoms. The fourth-order valence-corrected chi connectivity index (χ4v) is 6.30. The smallest absolute Gasteiger partial charge is 0.0205 e. The molecule has 0 aromatic heterocycles. The second-order valence-electron chi connectivity index (χ2n) is 9.75. The van der Waals surface area contributed by atoms with Gasteiger partial charge in [0.15, 0.2) is 0 Å². The quantitative estimate of drug-likeness (QED) is 0.322. The molecular weight excluding hydrogens is 300 g/mol. The molecule has 0 aromatic rings. The first-order chi connectivity index (χ1) is 12.3. The molecule has 2 atom stereocenters. The van der Waals surface area contributed by atoms with Gasteiger partial charge in [0.25, 0.3) is 0 Å². The van der Waals surface area contributed by atoms with Crippen LogP contribution in [0, 0.1) is 35.5 Å². The number of allylic oxidation sites excluding steroid dienone is 2. The Hall–Kier alpha value is -0.260. The van der Waals surface area contributed by atoms with Crippen molar-refractivity contribution in [1.29, 1.82) is 0 Å². The average molecular weight is 345 g/mol. The molecule has 3 aliphatic rings. The zero-order valence-electron chi connectivity index (χ0n) is 17.2. The number of unbranched alkanes of at least 4 members (excludes halogenated alkanes) is 2. The maximum atomic E-state index is 2.65. The third-order valence-electron chi connectivity index (χ3n) is 8.24. The highest BCUT2D eigenvalue weighted by atomic mass is 14.4. The predicted molar refractivity (Wildman–Crippen MR) is 111 cm³/mol. The van der Waals surface area contributed by atoms with Crippen molar-refractivity contribution in [2.45, 2.75) is 110 Å². The molecule has 0 saturated heterocycles. The average Bonchev–Trinajstić information content (AvgIpc) is 2.69. The minimum atomic E-state index is 0.910. The number of hydrogen-bond acceptors (Lipinski definition) is 0. The number of hydrogen-bond donors (Lipinski definition) is 0. The fraction of sp³-hybridized carbons (Fsp3) is 0.920. The highest BCUT2D eigenvalue weighted by Crippen LogP contribution is 2.45. The Morgan fingerprint density at radius 2 is 1.28 bits per heavy atom. The van der Waals surface area contributed by atoms with Crippen LogP contribution < -0.4 is 0 Å². The Morgan fingerprint density at radius 3 is 1.84 bits per heavy atom. The largest absolute Gasteiger partial charge is 0.0851 e. The Labute approximate surface area is 158 Å². The van der Waals surface area contributed by atoms with Gasteiger partial charge in [-0.2, -0.15) is 0 Å². The van der Waals surface area contributed by atoms with E-state index in [1.165, 1.54) is 70.6 Å². The molecule has 0 aliphatic heterocycles. The van der Waals surface area contributed by atoms with Crippen LogP contribution in [-0.4, -0.2) is 0 Å². The van der Waals surface area contributed by atoms with Gasteiger partial charge in [-0.15, -0.1) is 0 Å². The van der Waals surface area contributed by atoms with Gasteiger partial charge in [-0.25, -0.2) is 0 Å². The molecule has 0 heterocycles. The summed E-state index contributed by atoms with van der Waals surface area (Å²) < 4.78 is 0. The van der Waals surface area contributed by atoms with Crippen LogP contribution in [0.15, 0.2) is 12.2 Å². The molecule has 0 amide bonds. The Bertz CT molecular complexity index is 379. The van der Waals surface area contributed by atoms with Crippen molar-refractivity contribution >= 4 is 0 Å². The van der Waals surface area contributed by atoms with Crippen LogP contribution >= 0.6 is 0 Å². The van der Waals surface area contributed by atoms with E-state index in [4.69, 9.17) is 0 Å². The lowest BCUT2D eigenvalue weighted by Crippen LogP contribution is -2.28. The summed E-state index contributed by atoms with van der Waals surface area (Å²) in [6.45, 7) is 4.71. The third kappa shape index (κ3) is 5.61. The summed E-state index contributed by atoms with van der Waals surface area (Å²) in [5.74, 6) is 6.10. The van der Waals surface area contributed by atoms with Gasteiger partial charge >= 0.3 is 0 Å². The van der Waals surface area contributed by atoms with Gasteiger partial charge in [0, 0.05) is 0 Å². The van der Waals surface area contributed by atoms with Crippen molar-refractivity contribution in [1.82, 2.24) is 0 Å². The van der Waals surface area contributed by atoms with Crippen LogP contribution in [0.3, 0.4) is 0 Å². The monoisotopic (exact) mass is 344 g/mol. The van der Waals surface area contributed by atoms with E-state index in [2.05, 4.69) is 26.0 Å². The summed E-state index contributed by atoms with van der Waals surface area (Å²) in [6, 6.07) is 0. The third-order valence-corrected chi connectivity index (χ3v) is 8.24. The summed E-state index contributed by atoms with van der Waals surface area (Å²) >= 11 is 0. The van der Waals surface area contributed by atoms with Crippen molar-refractivity contribution in [2.75, 3.05) is 0 Å². The zero-order valence-corrected chi connectivity index (χ0v) is 17.2. The molecule has 0 radical (unpaired) electrons. The molecule has 3 aliphatic carbocycles. The summed E-state index contributed by atoms with van der Waals surface area (Å²) in [6.07, 6.45) is 27.7. The lowest BCUT2D eigenvalue weighted by molar-refractivity contribution is 0.128. The van der Waals surface area contributed by atoms with E-state index in [1.807, 2.05) is 0 Å². The lowest BCUT2D eigenvalue weighted by atomic mass is 9.66. The van der Waals surface area contributed by atoms with Crippen LogP contribution in [0.4, 0.5) is 0 Å². The first-order valence-corrected chi connectivity index (χ1v) is 12.0. The molecule has 0 spiro atoms. The maximum absolute atomic E-state index is 2.65. The van der Waals surface area contributed by atoms with Crippen molar-refractivity contribution in [3.05, 3.63) is 12.2 Å². The van der Waals surface area contributed by atoms with Crippen LogP contribution in [0.25, 0.3) is 0 Å². The van der Waals surface area contributed by atoms with Crippen molar-refractivity contribution < 1.29 is 0 Å². The number of rotatable bonds is 7. The minimum Gasteiger partial charge on any atom is -0.0851 e. The van der Waals surface area contributed by atoms with Crippen LogP contribution in [0.2, 0.25) is 0 Å². The maximum Gasteiger partial charge on any atom is -0.0205 e. The van der Waals surface area contributed by atoms with E-state index in [0.717, 1.165) is 35.5 Å². The summed E-state index contributed by atoms with van der Waals surface area (Å²) in [5.41, 5.74) is 0. The van der Waals surface area contributed by atoms with Gasteiger partial charge in [0.1, 0.15) is 0 Å². The summed E-state index contributed by atoms with van der Waals surface area (Å²) in [7, 11) is 0. The van der Waals surface area contributed by atoms with E-state index in [-0.39, 0.29) is 0 Å². The second-order valence-corrected chi connectivity index (χ2v) is 9.75. The zero-order chi connectivity index (χ0) is 17.5. The van der Waals surface area contributed by atoms with E-state index < -0.39 is 0 Å². The van der Waals surface area contributed by atoms with Gasteiger partial charge in [0.2, 0.25) is 0 Å². The molecule has 0 aromatic carbocycles. The topological polar surface area (TPSA) is 0 Å². The molecule has 0 heteroatoms. The van der Waals surface area contributed by atoms with E-state index in [9.17, 15) is 0 Å². The molecular formula is C25H44. The molecule has 2 fully saturated rings. The van der Waals surface area contributed by atoms with Crippen LogP contribution in [0.1, 0.15) is 110 Å². The fourth-order valence-electron chi connectivity index (χ4n) is 6.30. The summed E-state index contributed by atoms with van der Waals surface area (Å²) in [4.78, 5) is 0. The second kappa shape index (κ2) is 10.2. The first kappa shape index (κ1) is 19.5. The SMILES string of the molecule is CCCCCC1C=CC(C2CCC([C@H]3CC[C@H](CC)CC3)CC2)CC1. The normalized spacial score (nSPS) is 39.4. The first-order valence-electron chi connectivity index (χ1n) is 12.0. The van der Waals surface area contributed by atoms with Gasteiger partial charge in [0.05, 0.1) is 0 Å². The standard InChI is InChI=1S/C25H44/c1-3-5-6-7-21-10-14-23(15-11-21)25-18-16-24(17-19-25)22-12-8-20(4-2)9-13-22/h10,14,20-25H,3-9,11-13,15-19H2,1-2H3/t20-,21?,22-,23?,24?,25?. The van der Waals surface area contributed by atoms with Gasteiger partial charge in [-0.3, -0.25) is 0 Å². The minimum absolute atomic E-state index is 0.910. The molecule has 2 saturated carbocycles. The van der Waals surface area contributed by atoms with Gasteiger partial charge < -0.3 is 0 Å². The molecule has 3 rings (SSSR count). The van der Waals surface area contributed by atoms with E-state index >= 15 is 0 Å². The lowest BCUT2D eigenvalue weighted by Gasteiger charge is -2.40. The Morgan fingerprint density at radius 1 is 0.640 bits per heavy atom. The Kier molecular flexibility index (Phi) is 7.93. The van der Waals surface area contributed by atoms with Crippen LogP contribution in [0.5, 0.6) is 0 Å². The van der Waals surface area contributed by atoms with E-state index in [0.29, 0.717) is 0 Å². The highest BCUT2D eigenvalue weighted by Gasteiger charge is 2.33.